The lowest BCUT2D eigenvalue weighted by Gasteiger charge is -2.35. The van der Waals surface area contributed by atoms with Crippen LogP contribution in [0.1, 0.15) is 186 Å². The summed E-state index contributed by atoms with van der Waals surface area (Å²) in [5.74, 6) is 27.4. The molecule has 12 fully saturated rings. The fourth-order valence-corrected chi connectivity index (χ4v) is 37.8. The van der Waals surface area contributed by atoms with E-state index in [1.165, 1.54) is 170 Å². The Kier molecular flexibility index (Phi) is 32.7. The Morgan fingerprint density at radius 2 is 0.399 bits per heavy atom. The minimum absolute atomic E-state index is 0.628. The number of hydrogen-bond acceptors (Lipinski definition) is 11. The lowest BCUT2D eigenvalue weighted by Crippen LogP contribution is -2.64. The summed E-state index contributed by atoms with van der Waals surface area (Å²) in [5.41, 5.74) is 1.14. The van der Waals surface area contributed by atoms with Crippen molar-refractivity contribution in [1.82, 2.24) is 0 Å². The topological polar surface area (TPSA) is 102 Å². The van der Waals surface area contributed by atoms with E-state index in [0.29, 0.717) is 47.3 Å². The van der Waals surface area contributed by atoms with E-state index in [1.54, 1.807) is 0 Å². The molecule has 766 valence electrons. The van der Waals surface area contributed by atoms with Gasteiger partial charge in [0.25, 0.3) is 0 Å². The minimum Gasteiger partial charge on any atom is -0.391 e. The van der Waals surface area contributed by atoms with Crippen molar-refractivity contribution in [2.75, 3.05) is 106 Å². The van der Waals surface area contributed by atoms with Gasteiger partial charge in [0.05, 0.1) is 13.2 Å². The van der Waals surface area contributed by atoms with Gasteiger partial charge >= 0.3 is 17.1 Å². The van der Waals surface area contributed by atoms with Crippen LogP contribution < -0.4 is 15.6 Å². The van der Waals surface area contributed by atoms with Crippen molar-refractivity contribution >= 4 is 32.7 Å². The summed E-state index contributed by atoms with van der Waals surface area (Å²) in [5, 5.41) is 3.74. The zero-order valence-corrected chi connectivity index (χ0v) is 88.6. The molecule has 0 aliphatic heterocycles. The highest BCUT2D eigenvalue weighted by Gasteiger charge is 2.51. The monoisotopic (exact) mass is 1970 g/mol. The van der Waals surface area contributed by atoms with Crippen LogP contribution in [0.15, 0.2) is 267 Å². The Bertz CT molecular complexity index is 4740. The fourth-order valence-electron chi connectivity index (χ4n) is 32.3. The number of ether oxygens (including phenoxy) is 7. The first kappa shape index (κ1) is 100.0. The van der Waals surface area contributed by atoms with Crippen LogP contribution in [0, 0.1) is 213 Å². The second-order valence-corrected chi connectivity index (χ2v) is 56.2. The number of hydrogen-bond donors (Lipinski definition) is 0. The molecule has 36 atom stereocenters. The highest BCUT2D eigenvalue weighted by molar-refractivity contribution is 6.92. The minimum atomic E-state index is -2.79. The summed E-state index contributed by atoms with van der Waals surface area (Å²) in [6.07, 6.45) is 93.6. The summed E-state index contributed by atoms with van der Waals surface area (Å²) in [6.45, 7) is 18.8. The molecule has 0 saturated heterocycles. The van der Waals surface area contributed by atoms with Crippen LogP contribution in [0.3, 0.4) is 0 Å². The van der Waals surface area contributed by atoms with Crippen LogP contribution in [-0.4, -0.2) is 123 Å². The van der Waals surface area contributed by atoms with E-state index in [4.69, 9.17) is 50.9 Å². The molecule has 24 aliphatic carbocycles. The standard InChI is InChI=1S/C28H32O2Si.C24H30O2.C23H30O2Si.C20H30O2.C19H28O2.C16H22O/c1-3-7-27(8-4-1)31(28-9-5-2-6-10-28,29-19-25-17-21-11-13-23(25)15-21)30-20-26-18-22-12-14-24(26)16-22;1-24(23-5-3-2-4-6-23,25-15-21-13-17-7-9-19(21)11-17)26-16-22-14-18-8-10-20(22)12-18;1-26(23-5-3-2-4-6-23,24-15-21-13-17-7-9-19(21)11-17)25-16-22-14-18-8-10-20(22)12-18;1(7-21-13-19-11-15-3-5-17(19)9-15)2-8-22-14-20-12-16-4-6-18(20)10-16;1(6-20-12-18-10-14-2-4-16(18)8-14)7-21-13-19-11-15-3-5-17(19)9-15;1-3-13-5-11(1)7-15(13)9-17-10-16-8-12-2-4-14(16)6-12/h1-14,21-26H,15-20H2;2*2-10,17-22H,11-16H2,1H3;3-6,15-20H,1-2,7-14H2;2-5,14-19H,1,6-13H2;1-4,11-16H,5-10H2. The van der Waals surface area contributed by atoms with Crippen molar-refractivity contribution in [2.45, 2.75) is 193 Å². The molecule has 0 spiro atoms. The fraction of sp³-hybridized carbons (Fsp3) is 0.631. The summed E-state index contributed by atoms with van der Waals surface area (Å²) >= 11 is 0. The Labute approximate surface area is 861 Å². The lowest BCUT2D eigenvalue weighted by molar-refractivity contribution is -0.247. The average Bonchev–Trinajstić information content (AvgIpc) is 1.57. The molecule has 0 radical (unpaired) electrons. The highest BCUT2D eigenvalue weighted by Crippen LogP contribution is 2.54. The van der Waals surface area contributed by atoms with Crippen molar-refractivity contribution in [2.24, 2.45) is 213 Å². The number of allylic oxidation sites excluding steroid dienone is 24. The first-order chi connectivity index (χ1) is 70.3. The van der Waals surface area contributed by atoms with Gasteiger partial charge in [-0.2, -0.15) is 0 Å². The summed E-state index contributed by atoms with van der Waals surface area (Å²) in [4.78, 5) is 0. The predicted molar refractivity (Wildman–Crippen MR) is 579 cm³/mol. The first-order valence-electron chi connectivity index (χ1n) is 58.5. The van der Waals surface area contributed by atoms with Crippen molar-refractivity contribution in [3.05, 3.63) is 273 Å². The third-order valence-corrected chi connectivity index (χ3v) is 46.7. The SMILES string of the molecule is C1=CC2CC1CC2COCC1CC2C=CC1C2.C1=CC2CC1CC2COCCCCOCC1CC2C=CC1C2.C1=CC2CC1CC2COCCCOCC1CC2C=CC1C2.C1=CC2CC1CC2CO[Si](OCC1CC2C=CC1C2)(c1ccccc1)c1ccccc1.CC(OCC1CC2C=CC1C2)(OCC1CC2C=CC1C2)c1ccccc1.C[Si](OCC1CC2C=CC1C2)(OCC1CC2C=CC1C2)c1ccccc1. The summed E-state index contributed by atoms with van der Waals surface area (Å²) < 4.78 is 70.0. The molecule has 36 unspecified atom stereocenters. The zero-order chi connectivity index (χ0) is 95.9. The molecule has 0 amide bonds. The Balaban J connectivity index is 0.0000000960. The molecule has 24 aliphatic rings. The third kappa shape index (κ3) is 24.2. The summed E-state index contributed by atoms with van der Waals surface area (Å²) in [6, 6.07) is 42.8. The van der Waals surface area contributed by atoms with E-state index in [9.17, 15) is 0 Å². The van der Waals surface area contributed by atoms with Crippen molar-refractivity contribution in [3.8, 4) is 0 Å². The molecular formula is C130H172O11Si2. The molecule has 24 bridgehead atoms. The zero-order valence-electron chi connectivity index (χ0n) is 86.6. The van der Waals surface area contributed by atoms with Crippen molar-refractivity contribution in [1.29, 1.82) is 0 Å². The van der Waals surface area contributed by atoms with Crippen molar-refractivity contribution < 1.29 is 50.9 Å². The normalized spacial score (nSPS) is 39.8. The molecule has 11 nitrogen and oxygen atoms in total. The predicted octanol–water partition coefficient (Wildman–Crippen LogP) is 25.9. The molecule has 0 aromatic heterocycles. The summed E-state index contributed by atoms with van der Waals surface area (Å²) in [7, 11) is -5.15. The van der Waals surface area contributed by atoms with Gasteiger partial charge < -0.3 is 50.9 Å². The van der Waals surface area contributed by atoms with Gasteiger partial charge in [0.1, 0.15) is 0 Å². The van der Waals surface area contributed by atoms with Gasteiger partial charge in [0.15, 0.2) is 5.79 Å². The maximum Gasteiger partial charge on any atom is 0.407 e. The van der Waals surface area contributed by atoms with Gasteiger partial charge in [0.2, 0.25) is 0 Å². The van der Waals surface area contributed by atoms with E-state index in [2.05, 4.69) is 281 Å². The van der Waals surface area contributed by atoms with Gasteiger partial charge in [-0.1, -0.05) is 267 Å². The Morgan fingerprint density at radius 3 is 0.622 bits per heavy atom. The van der Waals surface area contributed by atoms with E-state index in [1.807, 2.05) is 0 Å². The van der Waals surface area contributed by atoms with Crippen LogP contribution in [0.4, 0.5) is 0 Å². The largest absolute Gasteiger partial charge is 0.407 e. The second-order valence-electron chi connectivity index (χ2n) is 50.2. The van der Waals surface area contributed by atoms with Crippen LogP contribution in [0.5, 0.6) is 0 Å². The Morgan fingerprint density at radius 1 is 0.203 bits per heavy atom. The quantitative estimate of drug-likeness (QED) is 0.0183. The molecule has 4 aromatic carbocycles. The van der Waals surface area contributed by atoms with E-state index in [0.717, 1.165) is 296 Å². The van der Waals surface area contributed by atoms with Crippen LogP contribution >= 0.6 is 0 Å². The molecule has 0 N–H and O–H groups in total. The lowest BCUT2D eigenvalue weighted by atomic mass is 9.93. The number of unbranched alkanes of at least 4 members (excludes halogenated alkanes) is 1. The van der Waals surface area contributed by atoms with Crippen LogP contribution in [0.2, 0.25) is 6.55 Å². The van der Waals surface area contributed by atoms with Crippen molar-refractivity contribution in [3.63, 3.8) is 0 Å². The van der Waals surface area contributed by atoms with Gasteiger partial charge in [-0.05, 0) is 415 Å². The maximum atomic E-state index is 7.04. The maximum absolute atomic E-state index is 7.04. The highest BCUT2D eigenvalue weighted by atomic mass is 28.4. The van der Waals surface area contributed by atoms with E-state index in [-0.39, 0.29) is 0 Å². The average molecular weight is 1970 g/mol. The van der Waals surface area contributed by atoms with E-state index < -0.39 is 22.9 Å². The molecule has 143 heavy (non-hydrogen) atoms. The Hall–Kier alpha value is -6.25. The van der Waals surface area contributed by atoms with Gasteiger partial charge in [-0.25, -0.2) is 0 Å². The first-order valence-corrected chi connectivity index (χ1v) is 62.6. The van der Waals surface area contributed by atoms with Gasteiger partial charge in [-0.3, -0.25) is 0 Å². The van der Waals surface area contributed by atoms with E-state index >= 15 is 0 Å². The van der Waals surface area contributed by atoms with Gasteiger partial charge in [-0.15, -0.1) is 0 Å². The number of fused-ring (bicyclic) bond motifs is 24. The van der Waals surface area contributed by atoms with Gasteiger partial charge in [0, 0.05) is 98.1 Å². The van der Waals surface area contributed by atoms with Crippen LogP contribution in [0.25, 0.3) is 0 Å². The van der Waals surface area contributed by atoms with Crippen LogP contribution in [-0.2, 0) is 56.6 Å². The smallest absolute Gasteiger partial charge is 0.391 e. The second kappa shape index (κ2) is 46.7. The third-order valence-electron chi connectivity index (χ3n) is 40.6. The molecular weight excluding hydrogens is 1790 g/mol. The molecule has 28 rings (SSSR count). The molecule has 0 heterocycles. The number of rotatable bonds is 43. The molecule has 13 heteroatoms. The number of benzene rings is 4. The molecule has 12 saturated carbocycles. The molecule has 4 aromatic rings.